The summed E-state index contributed by atoms with van der Waals surface area (Å²) in [7, 11) is 0. The molecule has 230 valence electrons. The number of pyridine rings is 1. The lowest BCUT2D eigenvalue weighted by molar-refractivity contribution is -0.137. The van der Waals surface area contributed by atoms with Crippen LogP contribution in [0.4, 0.5) is 24.0 Å². The SMILES string of the molecule is CCN1CCN(Cc2cc(NC(=O)c3ccc(C)c(-c4ccc5nc(NC(=O)C6CC6)sc5n4)c3)cc(C(F)(F)F)c2)CC1. The fraction of sp³-hybridized carbons (Fsp3) is 0.375. The van der Waals surface area contributed by atoms with Gasteiger partial charge in [-0.25, -0.2) is 9.97 Å². The zero-order valence-electron chi connectivity index (χ0n) is 24.5. The Balaban J connectivity index is 1.22. The molecule has 2 N–H and O–H groups in total. The number of fused-ring (bicyclic) bond motifs is 1. The highest BCUT2D eigenvalue weighted by atomic mass is 32.1. The number of rotatable bonds is 8. The van der Waals surface area contributed by atoms with E-state index in [0.717, 1.165) is 63.3 Å². The number of nitrogens with zero attached hydrogens (tertiary/aromatic N) is 4. The van der Waals surface area contributed by atoms with Gasteiger partial charge >= 0.3 is 6.18 Å². The van der Waals surface area contributed by atoms with E-state index in [9.17, 15) is 22.8 Å². The van der Waals surface area contributed by atoms with E-state index in [-0.39, 0.29) is 17.5 Å². The number of carbonyl (C=O) groups is 2. The predicted molar refractivity (Wildman–Crippen MR) is 166 cm³/mol. The average Bonchev–Trinajstić information content (AvgIpc) is 3.77. The van der Waals surface area contributed by atoms with Crippen LogP contribution >= 0.6 is 11.3 Å². The standard InChI is InChI=1S/C32H33F3N6O2S/c1-3-40-10-12-41(13-11-40)18-20-14-23(32(33,34)35)17-24(15-20)36-29(43)22-5-4-19(2)25(16-22)26-8-9-27-30(37-26)44-31(38-27)39-28(42)21-6-7-21/h4-5,8-9,14-17,21H,3,6-7,10-13,18H2,1-2H3,(H,36,43)(H,38,39,42). The number of amides is 2. The summed E-state index contributed by atoms with van der Waals surface area (Å²) in [5.74, 6) is -0.482. The molecule has 0 radical (unpaired) electrons. The van der Waals surface area contributed by atoms with Crippen molar-refractivity contribution in [3.05, 3.63) is 70.8 Å². The van der Waals surface area contributed by atoms with Crippen molar-refractivity contribution in [2.45, 2.75) is 39.4 Å². The fourth-order valence-electron chi connectivity index (χ4n) is 5.36. The predicted octanol–water partition coefficient (Wildman–Crippen LogP) is 6.42. The minimum absolute atomic E-state index is 0.0264. The Kier molecular flexibility index (Phi) is 8.40. The van der Waals surface area contributed by atoms with E-state index in [4.69, 9.17) is 4.98 Å². The average molecular weight is 623 g/mol. The van der Waals surface area contributed by atoms with Crippen molar-refractivity contribution in [1.82, 2.24) is 19.8 Å². The molecule has 1 saturated carbocycles. The summed E-state index contributed by atoms with van der Waals surface area (Å²) in [5.41, 5.74) is 2.97. The maximum atomic E-state index is 13.8. The van der Waals surface area contributed by atoms with E-state index < -0.39 is 17.6 Å². The van der Waals surface area contributed by atoms with Gasteiger partial charge < -0.3 is 15.5 Å². The third kappa shape index (κ3) is 6.92. The molecular weight excluding hydrogens is 589 g/mol. The van der Waals surface area contributed by atoms with Gasteiger partial charge in [-0.1, -0.05) is 24.3 Å². The van der Waals surface area contributed by atoms with E-state index in [0.29, 0.717) is 44.4 Å². The normalized spacial score (nSPS) is 16.3. The molecule has 4 aromatic rings. The summed E-state index contributed by atoms with van der Waals surface area (Å²) in [5, 5.41) is 6.04. The smallest absolute Gasteiger partial charge is 0.322 e. The highest BCUT2D eigenvalue weighted by Gasteiger charge is 2.32. The van der Waals surface area contributed by atoms with E-state index in [1.165, 1.54) is 11.3 Å². The van der Waals surface area contributed by atoms with Crippen molar-refractivity contribution in [2.24, 2.45) is 5.92 Å². The van der Waals surface area contributed by atoms with Crippen molar-refractivity contribution in [1.29, 1.82) is 0 Å². The van der Waals surface area contributed by atoms with E-state index >= 15 is 0 Å². The van der Waals surface area contributed by atoms with Gasteiger partial charge in [0.05, 0.1) is 11.3 Å². The van der Waals surface area contributed by atoms with Gasteiger partial charge in [0, 0.05) is 55.5 Å². The number of halogens is 3. The Bertz CT molecular complexity index is 1710. The maximum absolute atomic E-state index is 13.8. The van der Waals surface area contributed by atoms with Gasteiger partial charge in [-0.2, -0.15) is 13.2 Å². The van der Waals surface area contributed by atoms with Crippen LogP contribution in [0, 0.1) is 12.8 Å². The molecule has 2 fully saturated rings. The summed E-state index contributed by atoms with van der Waals surface area (Å²) in [6.45, 7) is 8.61. The Labute approximate surface area is 257 Å². The highest BCUT2D eigenvalue weighted by molar-refractivity contribution is 7.22. The molecular formula is C32H33F3N6O2S. The number of carbonyl (C=O) groups excluding carboxylic acids is 2. The molecule has 3 heterocycles. The quantitative estimate of drug-likeness (QED) is 0.236. The summed E-state index contributed by atoms with van der Waals surface area (Å²) < 4.78 is 41.5. The number of likely N-dealkylation sites (N-methyl/N-ethyl adjacent to an activating group) is 1. The fourth-order valence-corrected chi connectivity index (χ4v) is 6.20. The molecule has 2 amide bonds. The molecule has 0 spiro atoms. The number of hydrogen-bond donors (Lipinski definition) is 2. The molecule has 1 aliphatic heterocycles. The number of anilines is 2. The third-order valence-electron chi connectivity index (χ3n) is 8.11. The van der Waals surface area contributed by atoms with Crippen LogP contribution in [0.1, 0.15) is 46.8 Å². The van der Waals surface area contributed by atoms with Crippen LogP contribution in [-0.4, -0.2) is 64.3 Å². The lowest BCUT2D eigenvalue weighted by atomic mass is 10.0. The van der Waals surface area contributed by atoms with E-state index in [1.54, 1.807) is 30.3 Å². The van der Waals surface area contributed by atoms with Crippen LogP contribution in [0.15, 0.2) is 48.5 Å². The molecule has 12 heteroatoms. The van der Waals surface area contributed by atoms with E-state index in [2.05, 4.69) is 32.3 Å². The second-order valence-electron chi connectivity index (χ2n) is 11.4. The van der Waals surface area contributed by atoms with Gasteiger partial charge in [-0.05, 0) is 79.9 Å². The molecule has 2 aromatic heterocycles. The number of thiazole rings is 1. The Morgan fingerprint density at radius 3 is 2.41 bits per heavy atom. The summed E-state index contributed by atoms with van der Waals surface area (Å²) in [4.78, 5) is 39.8. The van der Waals surface area contributed by atoms with Crippen LogP contribution in [0.25, 0.3) is 21.6 Å². The first-order valence-electron chi connectivity index (χ1n) is 14.7. The van der Waals surface area contributed by atoms with Gasteiger partial charge in [-0.15, -0.1) is 0 Å². The van der Waals surface area contributed by atoms with Gasteiger partial charge in [0.1, 0.15) is 10.3 Å². The first-order valence-corrected chi connectivity index (χ1v) is 15.5. The van der Waals surface area contributed by atoms with Crippen molar-refractivity contribution in [2.75, 3.05) is 43.4 Å². The molecule has 44 heavy (non-hydrogen) atoms. The van der Waals surface area contributed by atoms with Crippen LogP contribution in [0.3, 0.4) is 0 Å². The lowest BCUT2D eigenvalue weighted by Crippen LogP contribution is -2.45. The second-order valence-corrected chi connectivity index (χ2v) is 12.4. The Morgan fingerprint density at radius 2 is 1.70 bits per heavy atom. The van der Waals surface area contributed by atoms with Crippen molar-refractivity contribution >= 4 is 44.3 Å². The molecule has 2 aromatic carbocycles. The minimum atomic E-state index is -4.55. The van der Waals surface area contributed by atoms with Crippen LogP contribution in [-0.2, 0) is 17.5 Å². The number of hydrogen-bond acceptors (Lipinski definition) is 7. The van der Waals surface area contributed by atoms with Crippen LogP contribution < -0.4 is 10.6 Å². The molecule has 0 atom stereocenters. The molecule has 0 bridgehead atoms. The molecule has 8 nitrogen and oxygen atoms in total. The Morgan fingerprint density at radius 1 is 0.955 bits per heavy atom. The zero-order chi connectivity index (χ0) is 31.0. The number of alkyl halides is 3. The van der Waals surface area contributed by atoms with Gasteiger partial charge in [0.15, 0.2) is 5.13 Å². The summed E-state index contributed by atoms with van der Waals surface area (Å²) in [6.07, 6.45) is -2.75. The second kappa shape index (κ2) is 12.3. The molecule has 6 rings (SSSR count). The topological polar surface area (TPSA) is 90.5 Å². The number of benzene rings is 2. The van der Waals surface area contributed by atoms with Crippen molar-refractivity contribution in [3.63, 3.8) is 0 Å². The van der Waals surface area contributed by atoms with Crippen molar-refractivity contribution in [3.8, 4) is 11.3 Å². The number of aromatic nitrogens is 2. The molecule has 0 unspecified atom stereocenters. The maximum Gasteiger partial charge on any atom is 0.416 e. The Hall–Kier alpha value is -3.87. The number of aryl methyl sites for hydroxylation is 1. The molecule has 2 aliphatic rings. The van der Waals surface area contributed by atoms with Crippen LogP contribution in [0.5, 0.6) is 0 Å². The monoisotopic (exact) mass is 622 g/mol. The van der Waals surface area contributed by atoms with E-state index in [1.807, 2.05) is 13.0 Å². The molecule has 1 aliphatic carbocycles. The van der Waals surface area contributed by atoms with Gasteiger partial charge in [0.25, 0.3) is 5.91 Å². The molecule has 1 saturated heterocycles. The van der Waals surface area contributed by atoms with Crippen LogP contribution in [0.2, 0.25) is 0 Å². The third-order valence-corrected chi connectivity index (χ3v) is 8.99. The van der Waals surface area contributed by atoms with Gasteiger partial charge in [-0.3, -0.25) is 14.5 Å². The van der Waals surface area contributed by atoms with Gasteiger partial charge in [0.2, 0.25) is 5.91 Å². The first-order chi connectivity index (χ1) is 21.1. The largest absolute Gasteiger partial charge is 0.416 e. The highest BCUT2D eigenvalue weighted by Crippen LogP contribution is 2.34. The minimum Gasteiger partial charge on any atom is -0.322 e. The lowest BCUT2D eigenvalue weighted by Gasteiger charge is -2.34. The summed E-state index contributed by atoms with van der Waals surface area (Å²) >= 11 is 1.28. The number of piperazine rings is 1. The van der Waals surface area contributed by atoms with Crippen molar-refractivity contribution < 1.29 is 22.8 Å². The number of nitrogens with one attached hydrogen (secondary N) is 2. The zero-order valence-corrected chi connectivity index (χ0v) is 25.3. The summed E-state index contributed by atoms with van der Waals surface area (Å²) in [6, 6.07) is 12.5. The first kappa shape index (κ1) is 30.2.